The Kier molecular flexibility index (Phi) is 4.36. The second-order valence-corrected chi connectivity index (χ2v) is 4.91. The van der Waals surface area contributed by atoms with E-state index in [-0.39, 0.29) is 6.04 Å². The van der Waals surface area contributed by atoms with Gasteiger partial charge in [-0.25, -0.2) is 0 Å². The molecule has 1 unspecified atom stereocenters. The number of para-hydroxylation sites is 1. The number of hydrogen-bond acceptors (Lipinski definition) is 4. The molecular weight excluding hydrogens is 230 g/mol. The van der Waals surface area contributed by atoms with Crippen LogP contribution in [-0.4, -0.2) is 17.0 Å². The molecule has 0 amide bonds. The molecule has 0 saturated carbocycles. The Morgan fingerprint density at radius 1 is 1.35 bits per heavy atom. The number of benzene rings is 1. The van der Waals surface area contributed by atoms with Crippen LogP contribution in [0.2, 0.25) is 0 Å². The molecule has 0 aliphatic rings. The van der Waals surface area contributed by atoms with E-state index in [0.717, 1.165) is 23.1 Å². The van der Waals surface area contributed by atoms with Gasteiger partial charge in [-0.05, 0) is 30.1 Å². The fourth-order valence-electron chi connectivity index (χ4n) is 1.97. The minimum atomic E-state index is 0.168. The maximum atomic E-state index is 5.65. The summed E-state index contributed by atoms with van der Waals surface area (Å²) >= 11 is 1.83. The first-order valence-electron chi connectivity index (χ1n) is 5.65. The van der Waals surface area contributed by atoms with E-state index in [0.29, 0.717) is 0 Å². The number of thioether (sulfide) groups is 1. The number of fused-ring (bicyclic) bond motifs is 1. The summed E-state index contributed by atoms with van der Waals surface area (Å²) in [6, 6.07) is 10.4. The standard InChI is InChI=1S/C13H17N3S/c1-17-9-7-12(16-14)11-6-2-4-10-5-3-8-15-13(10)11/h2-6,8,12,16H,7,9,14H2,1H3. The molecule has 0 bridgehead atoms. The molecule has 0 aliphatic carbocycles. The molecule has 0 spiro atoms. The summed E-state index contributed by atoms with van der Waals surface area (Å²) in [5.74, 6) is 6.73. The molecule has 1 heterocycles. The van der Waals surface area contributed by atoms with Gasteiger partial charge in [0.15, 0.2) is 0 Å². The summed E-state index contributed by atoms with van der Waals surface area (Å²) < 4.78 is 0. The second kappa shape index (κ2) is 6.00. The average molecular weight is 247 g/mol. The first-order valence-corrected chi connectivity index (χ1v) is 7.05. The van der Waals surface area contributed by atoms with Crippen LogP contribution in [0.1, 0.15) is 18.0 Å². The van der Waals surface area contributed by atoms with Crippen LogP contribution in [0, 0.1) is 0 Å². The van der Waals surface area contributed by atoms with Gasteiger partial charge in [0.05, 0.1) is 5.52 Å². The van der Waals surface area contributed by atoms with Crippen molar-refractivity contribution in [2.45, 2.75) is 12.5 Å². The third-order valence-corrected chi connectivity index (χ3v) is 3.50. The van der Waals surface area contributed by atoms with Crippen molar-refractivity contribution >= 4 is 22.7 Å². The number of hydrazine groups is 1. The quantitative estimate of drug-likeness (QED) is 0.629. The lowest BCUT2D eigenvalue weighted by Crippen LogP contribution is -2.28. The maximum Gasteiger partial charge on any atom is 0.0750 e. The lowest BCUT2D eigenvalue weighted by atomic mass is 10.0. The molecule has 0 saturated heterocycles. The lowest BCUT2D eigenvalue weighted by Gasteiger charge is -2.17. The van der Waals surface area contributed by atoms with Crippen molar-refractivity contribution in [1.29, 1.82) is 0 Å². The van der Waals surface area contributed by atoms with Crippen molar-refractivity contribution in [3.63, 3.8) is 0 Å². The van der Waals surface area contributed by atoms with E-state index >= 15 is 0 Å². The van der Waals surface area contributed by atoms with Crippen molar-refractivity contribution in [2.75, 3.05) is 12.0 Å². The molecule has 4 heteroatoms. The predicted molar refractivity (Wildman–Crippen MR) is 74.8 cm³/mol. The zero-order valence-corrected chi connectivity index (χ0v) is 10.7. The molecule has 1 aromatic carbocycles. The molecule has 0 radical (unpaired) electrons. The van der Waals surface area contributed by atoms with E-state index in [2.05, 4.69) is 40.9 Å². The van der Waals surface area contributed by atoms with Gasteiger partial charge in [0.25, 0.3) is 0 Å². The van der Waals surface area contributed by atoms with Crippen molar-refractivity contribution in [2.24, 2.45) is 5.84 Å². The van der Waals surface area contributed by atoms with Gasteiger partial charge in [-0.3, -0.25) is 16.3 Å². The molecule has 3 N–H and O–H groups in total. The van der Waals surface area contributed by atoms with E-state index < -0.39 is 0 Å². The SMILES string of the molecule is CSCCC(NN)c1cccc2cccnc12. The van der Waals surface area contributed by atoms with Gasteiger partial charge in [-0.15, -0.1) is 0 Å². The number of aromatic nitrogens is 1. The van der Waals surface area contributed by atoms with Gasteiger partial charge in [-0.1, -0.05) is 24.3 Å². The summed E-state index contributed by atoms with van der Waals surface area (Å²) in [5, 5.41) is 1.16. The molecule has 1 aromatic heterocycles. The Morgan fingerprint density at radius 3 is 2.94 bits per heavy atom. The Hall–Kier alpha value is -1.10. The van der Waals surface area contributed by atoms with Crippen LogP contribution in [0.25, 0.3) is 10.9 Å². The highest BCUT2D eigenvalue weighted by atomic mass is 32.2. The fraction of sp³-hybridized carbons (Fsp3) is 0.308. The van der Waals surface area contributed by atoms with Crippen LogP contribution in [0.3, 0.4) is 0 Å². The van der Waals surface area contributed by atoms with Crippen LogP contribution in [-0.2, 0) is 0 Å². The van der Waals surface area contributed by atoms with Gasteiger partial charge in [0.1, 0.15) is 0 Å². The van der Waals surface area contributed by atoms with Crippen LogP contribution in [0.5, 0.6) is 0 Å². The van der Waals surface area contributed by atoms with Crippen molar-refractivity contribution < 1.29 is 0 Å². The molecule has 1 atom stereocenters. The highest BCUT2D eigenvalue weighted by molar-refractivity contribution is 7.98. The van der Waals surface area contributed by atoms with Gasteiger partial charge >= 0.3 is 0 Å². The van der Waals surface area contributed by atoms with Crippen LogP contribution in [0.15, 0.2) is 36.5 Å². The molecular formula is C13H17N3S. The Bertz CT molecular complexity index is 482. The molecule has 0 aliphatic heterocycles. The first kappa shape index (κ1) is 12.4. The number of nitrogens with two attached hydrogens (primary N) is 1. The van der Waals surface area contributed by atoms with Crippen molar-refractivity contribution in [3.05, 3.63) is 42.1 Å². The van der Waals surface area contributed by atoms with Gasteiger partial charge in [-0.2, -0.15) is 11.8 Å². The normalized spacial score (nSPS) is 12.8. The predicted octanol–water partition coefficient (Wildman–Crippen LogP) is 2.49. The summed E-state index contributed by atoms with van der Waals surface area (Å²) in [4.78, 5) is 4.46. The van der Waals surface area contributed by atoms with Crippen molar-refractivity contribution in [3.8, 4) is 0 Å². The number of rotatable bonds is 5. The highest BCUT2D eigenvalue weighted by Gasteiger charge is 2.12. The van der Waals surface area contributed by atoms with Gasteiger partial charge in [0.2, 0.25) is 0 Å². The van der Waals surface area contributed by atoms with E-state index in [1.807, 2.05) is 24.0 Å². The largest absolute Gasteiger partial charge is 0.271 e. The fourth-order valence-corrected chi connectivity index (χ4v) is 2.44. The van der Waals surface area contributed by atoms with Crippen LogP contribution < -0.4 is 11.3 Å². The third-order valence-electron chi connectivity index (χ3n) is 2.85. The Morgan fingerprint density at radius 2 is 2.18 bits per heavy atom. The molecule has 2 aromatic rings. The first-order chi connectivity index (χ1) is 8.36. The van der Waals surface area contributed by atoms with Gasteiger partial charge in [0, 0.05) is 17.6 Å². The minimum Gasteiger partial charge on any atom is -0.271 e. The minimum absolute atomic E-state index is 0.168. The van der Waals surface area contributed by atoms with Gasteiger partial charge < -0.3 is 0 Å². The summed E-state index contributed by atoms with van der Waals surface area (Å²) in [7, 11) is 0. The molecule has 3 nitrogen and oxygen atoms in total. The van der Waals surface area contributed by atoms with Crippen molar-refractivity contribution in [1.82, 2.24) is 10.4 Å². The molecule has 17 heavy (non-hydrogen) atoms. The number of hydrogen-bond donors (Lipinski definition) is 2. The second-order valence-electron chi connectivity index (χ2n) is 3.92. The van der Waals surface area contributed by atoms with E-state index in [4.69, 9.17) is 5.84 Å². The zero-order valence-electron chi connectivity index (χ0n) is 9.89. The lowest BCUT2D eigenvalue weighted by molar-refractivity contribution is 0.545. The summed E-state index contributed by atoms with van der Waals surface area (Å²) in [6.45, 7) is 0. The summed E-state index contributed by atoms with van der Waals surface area (Å²) in [5.41, 5.74) is 5.11. The Labute approximate surface area is 106 Å². The Balaban J connectivity index is 2.38. The number of nitrogens with zero attached hydrogens (tertiary/aromatic N) is 1. The van der Waals surface area contributed by atoms with E-state index in [1.165, 1.54) is 5.56 Å². The molecule has 0 fully saturated rings. The monoisotopic (exact) mass is 247 g/mol. The van der Waals surface area contributed by atoms with E-state index in [9.17, 15) is 0 Å². The van der Waals surface area contributed by atoms with Crippen LogP contribution >= 0.6 is 11.8 Å². The molecule has 90 valence electrons. The van der Waals surface area contributed by atoms with Crippen LogP contribution in [0.4, 0.5) is 0 Å². The number of nitrogens with one attached hydrogen (secondary N) is 1. The number of pyridine rings is 1. The summed E-state index contributed by atoms with van der Waals surface area (Å²) in [6.07, 6.45) is 4.94. The molecule has 2 rings (SSSR count). The maximum absolute atomic E-state index is 5.65. The highest BCUT2D eigenvalue weighted by Crippen LogP contribution is 2.24. The third kappa shape index (κ3) is 2.77. The smallest absolute Gasteiger partial charge is 0.0750 e. The topological polar surface area (TPSA) is 50.9 Å². The average Bonchev–Trinajstić information content (AvgIpc) is 2.40. The zero-order chi connectivity index (χ0) is 12.1. The van der Waals surface area contributed by atoms with E-state index in [1.54, 1.807) is 0 Å².